The van der Waals surface area contributed by atoms with Crippen LogP contribution < -0.4 is 0 Å². The number of nitrogens with zero attached hydrogens (tertiary/aromatic N) is 5. The maximum Gasteiger partial charge on any atom is 0.304 e. The summed E-state index contributed by atoms with van der Waals surface area (Å²) in [7, 11) is 0. The smallest absolute Gasteiger partial charge is 0.304 e. The van der Waals surface area contributed by atoms with E-state index in [1.54, 1.807) is 18.2 Å². The summed E-state index contributed by atoms with van der Waals surface area (Å²) in [6, 6.07) is 4.71. The van der Waals surface area contributed by atoms with Gasteiger partial charge in [-0.25, -0.2) is 0 Å². The molecule has 0 fully saturated rings. The molecule has 0 N–H and O–H groups in total. The van der Waals surface area contributed by atoms with Crippen molar-refractivity contribution >= 4 is 29.2 Å². The Balaban J connectivity index is 2.42. The first-order chi connectivity index (χ1) is 7.70. The van der Waals surface area contributed by atoms with E-state index in [1.165, 1.54) is 0 Å². The Labute approximate surface area is 99.4 Å². The van der Waals surface area contributed by atoms with Gasteiger partial charge in [0.1, 0.15) is 0 Å². The lowest BCUT2D eigenvalue weighted by Gasteiger charge is -1.97. The molecule has 0 atom stereocenters. The van der Waals surface area contributed by atoms with Gasteiger partial charge in [-0.05, 0) is 23.7 Å². The third-order valence-electron chi connectivity index (χ3n) is 1.71. The summed E-state index contributed by atoms with van der Waals surface area (Å²) in [6.07, 6.45) is 0. The minimum atomic E-state index is -0.149. The second-order valence-electron chi connectivity index (χ2n) is 2.71. The number of azide groups is 1. The van der Waals surface area contributed by atoms with E-state index >= 15 is 0 Å². The van der Waals surface area contributed by atoms with E-state index in [-0.39, 0.29) is 11.9 Å². The molecule has 0 radical (unpaired) electrons. The average molecular weight is 256 g/mol. The average Bonchev–Trinajstić information content (AvgIpc) is 2.71. The Morgan fingerprint density at radius 1 is 1.25 bits per heavy atom. The Bertz CT molecular complexity index is 576. The Kier molecular flexibility index (Phi) is 2.96. The number of aromatic nitrogens is 2. The van der Waals surface area contributed by atoms with Gasteiger partial charge in [-0.3, -0.25) is 0 Å². The van der Waals surface area contributed by atoms with Crippen molar-refractivity contribution in [1.82, 2.24) is 10.2 Å². The van der Waals surface area contributed by atoms with Crippen LogP contribution in [0.25, 0.3) is 21.9 Å². The maximum absolute atomic E-state index is 8.17. The van der Waals surface area contributed by atoms with Gasteiger partial charge < -0.3 is 4.42 Å². The minimum Gasteiger partial charge on any atom is -0.415 e. The van der Waals surface area contributed by atoms with Crippen LogP contribution >= 0.6 is 23.2 Å². The van der Waals surface area contributed by atoms with Crippen LogP contribution in [-0.2, 0) is 0 Å². The fourth-order valence-corrected chi connectivity index (χ4v) is 1.34. The van der Waals surface area contributed by atoms with Crippen LogP contribution in [-0.4, -0.2) is 10.2 Å². The number of hydrogen-bond acceptors (Lipinski definition) is 4. The van der Waals surface area contributed by atoms with Gasteiger partial charge in [-0.1, -0.05) is 23.2 Å². The molecule has 1 aromatic heterocycles. The van der Waals surface area contributed by atoms with Gasteiger partial charge >= 0.3 is 6.01 Å². The molecule has 0 spiro atoms. The molecule has 2 aromatic rings. The summed E-state index contributed by atoms with van der Waals surface area (Å²) in [5.74, 6) is 0.209. The molecule has 0 aliphatic heterocycles. The molecule has 0 aliphatic carbocycles. The second kappa shape index (κ2) is 4.40. The molecule has 0 saturated heterocycles. The molecule has 8 heteroatoms. The number of rotatable bonds is 2. The lowest BCUT2D eigenvalue weighted by molar-refractivity contribution is 0.578. The molecular formula is C8H3Cl2N5O. The first-order valence-corrected chi connectivity index (χ1v) is 4.80. The molecule has 1 heterocycles. The third kappa shape index (κ3) is 2.09. The predicted octanol–water partition coefficient (Wildman–Crippen LogP) is 3.99. The number of benzene rings is 1. The number of hydrogen-bond donors (Lipinski definition) is 0. The molecule has 1 aromatic carbocycles. The normalized spacial score (nSPS) is 9.88. The van der Waals surface area contributed by atoms with Crippen LogP contribution in [0, 0.1) is 0 Å². The van der Waals surface area contributed by atoms with Gasteiger partial charge in [0.2, 0.25) is 5.89 Å². The van der Waals surface area contributed by atoms with Crippen molar-refractivity contribution in [1.29, 1.82) is 0 Å². The van der Waals surface area contributed by atoms with E-state index in [1.807, 2.05) is 0 Å². The molecule has 6 nitrogen and oxygen atoms in total. The highest BCUT2D eigenvalue weighted by molar-refractivity contribution is 6.42. The topological polar surface area (TPSA) is 87.7 Å². The van der Waals surface area contributed by atoms with Crippen LogP contribution in [0.15, 0.2) is 27.7 Å². The molecule has 0 bridgehead atoms. The van der Waals surface area contributed by atoms with Gasteiger partial charge in [-0.2, -0.15) is 0 Å². The minimum absolute atomic E-state index is 0.149. The zero-order chi connectivity index (χ0) is 11.5. The van der Waals surface area contributed by atoms with Crippen molar-refractivity contribution < 1.29 is 4.42 Å². The first kappa shape index (κ1) is 10.8. The van der Waals surface area contributed by atoms with Gasteiger partial charge in [0, 0.05) is 15.6 Å². The van der Waals surface area contributed by atoms with Gasteiger partial charge in [-0.15, -0.1) is 10.2 Å². The summed E-state index contributed by atoms with van der Waals surface area (Å²) >= 11 is 11.6. The summed E-state index contributed by atoms with van der Waals surface area (Å²) in [6.45, 7) is 0. The van der Waals surface area contributed by atoms with E-state index in [0.29, 0.717) is 15.6 Å². The highest BCUT2D eigenvalue weighted by Gasteiger charge is 2.08. The van der Waals surface area contributed by atoms with Gasteiger partial charge in [0.25, 0.3) is 0 Å². The lowest BCUT2D eigenvalue weighted by Crippen LogP contribution is -1.78. The van der Waals surface area contributed by atoms with Crippen molar-refractivity contribution in [3.05, 3.63) is 38.7 Å². The van der Waals surface area contributed by atoms with Crippen molar-refractivity contribution in [2.75, 3.05) is 0 Å². The highest BCUT2D eigenvalue weighted by atomic mass is 35.5. The summed E-state index contributed by atoms with van der Waals surface area (Å²) in [5, 5.41) is 11.2. The monoisotopic (exact) mass is 255 g/mol. The quantitative estimate of drug-likeness (QED) is 0.462. The lowest BCUT2D eigenvalue weighted by atomic mass is 10.2. The predicted molar refractivity (Wildman–Crippen MR) is 58.6 cm³/mol. The van der Waals surface area contributed by atoms with E-state index in [0.717, 1.165) is 0 Å². The van der Waals surface area contributed by atoms with Crippen LogP contribution in [0.2, 0.25) is 10.0 Å². The zero-order valence-corrected chi connectivity index (χ0v) is 9.14. The van der Waals surface area contributed by atoms with Crippen LogP contribution in [0.5, 0.6) is 0 Å². The fourth-order valence-electron chi connectivity index (χ4n) is 1.04. The molecule has 2 rings (SSSR count). The fraction of sp³-hybridized carbons (Fsp3) is 0. The molecule has 0 saturated carbocycles. The Morgan fingerprint density at radius 3 is 2.75 bits per heavy atom. The van der Waals surface area contributed by atoms with Crippen LogP contribution in [0.3, 0.4) is 0 Å². The first-order valence-electron chi connectivity index (χ1n) is 4.05. The summed E-state index contributed by atoms with van der Waals surface area (Å²) in [4.78, 5) is 2.53. The molecular weight excluding hydrogens is 253 g/mol. The van der Waals surface area contributed by atoms with E-state index in [9.17, 15) is 0 Å². The third-order valence-corrected chi connectivity index (χ3v) is 2.45. The molecule has 0 aliphatic rings. The molecule has 0 amide bonds. The van der Waals surface area contributed by atoms with Crippen LogP contribution in [0.1, 0.15) is 0 Å². The highest BCUT2D eigenvalue weighted by Crippen LogP contribution is 2.28. The van der Waals surface area contributed by atoms with E-state index in [2.05, 4.69) is 20.2 Å². The molecule has 0 unspecified atom stereocenters. The van der Waals surface area contributed by atoms with Crippen molar-refractivity contribution in [2.45, 2.75) is 0 Å². The zero-order valence-electron chi connectivity index (χ0n) is 7.63. The summed E-state index contributed by atoms with van der Waals surface area (Å²) in [5.41, 5.74) is 8.77. The summed E-state index contributed by atoms with van der Waals surface area (Å²) < 4.78 is 5.06. The maximum atomic E-state index is 8.17. The molecule has 16 heavy (non-hydrogen) atoms. The van der Waals surface area contributed by atoms with Gasteiger partial charge in [0.15, 0.2) is 0 Å². The van der Waals surface area contributed by atoms with E-state index in [4.69, 9.17) is 33.2 Å². The number of halogens is 2. The van der Waals surface area contributed by atoms with E-state index < -0.39 is 0 Å². The Hall–Kier alpha value is -1.75. The van der Waals surface area contributed by atoms with Crippen molar-refractivity contribution in [3.8, 4) is 11.5 Å². The Morgan fingerprint density at radius 2 is 2.06 bits per heavy atom. The second-order valence-corrected chi connectivity index (χ2v) is 3.52. The SMILES string of the molecule is [N-]=[N+]=Nc1nnc(-c2ccc(Cl)c(Cl)c2)o1. The van der Waals surface area contributed by atoms with Crippen molar-refractivity contribution in [3.63, 3.8) is 0 Å². The standard InChI is InChI=1S/C8H3Cl2N5O/c9-5-2-1-4(3-6(5)10)7-12-13-8(16-7)14-15-11/h1-3H. The largest absolute Gasteiger partial charge is 0.415 e. The van der Waals surface area contributed by atoms with Gasteiger partial charge in [0.05, 0.1) is 10.0 Å². The van der Waals surface area contributed by atoms with Crippen LogP contribution in [0.4, 0.5) is 6.01 Å². The molecule has 80 valence electrons. The van der Waals surface area contributed by atoms with Crippen molar-refractivity contribution in [2.24, 2.45) is 5.11 Å².